The fourth-order valence-electron chi connectivity index (χ4n) is 0.551. The number of rotatable bonds is 4. The second-order valence-electron chi connectivity index (χ2n) is 2.34. The molecular weight excluding hydrogens is 150 g/mol. The number of hydrogen-bond acceptors (Lipinski definition) is 5. The Bertz CT molecular complexity index is 137. The molecule has 66 valence electrons. The van der Waals surface area contributed by atoms with Gasteiger partial charge in [-0.25, -0.2) is 0 Å². The van der Waals surface area contributed by atoms with Crippen LogP contribution in [-0.4, -0.2) is 46.0 Å². The minimum absolute atomic E-state index is 0.247. The minimum Gasteiger partial charge on any atom is -0.390 e. The number of carbonyl (C=O) groups is 1. The second kappa shape index (κ2) is 4.40. The van der Waals surface area contributed by atoms with Crippen LogP contribution in [0.4, 0.5) is 0 Å². The largest absolute Gasteiger partial charge is 0.390 e. The van der Waals surface area contributed by atoms with E-state index in [1.807, 2.05) is 0 Å². The second-order valence-corrected chi connectivity index (χ2v) is 2.34. The summed E-state index contributed by atoms with van der Waals surface area (Å²) in [4.78, 5) is 10.8. The molecule has 0 spiro atoms. The Hall–Kier alpha value is -0.490. The smallest absolute Gasteiger partial charge is 0.193 e. The van der Waals surface area contributed by atoms with Crippen LogP contribution in [0, 0.1) is 0 Å². The first-order chi connectivity index (χ1) is 5.00. The summed E-state index contributed by atoms with van der Waals surface area (Å²) in [5.74, 6) is -0.845. The summed E-state index contributed by atoms with van der Waals surface area (Å²) in [6.45, 7) is 1.01. The lowest BCUT2D eigenvalue weighted by molar-refractivity contribution is -0.140. The van der Waals surface area contributed by atoms with Crippen LogP contribution in [0.2, 0.25) is 0 Å². The minimum atomic E-state index is -1.55. The summed E-state index contributed by atoms with van der Waals surface area (Å²) in [7, 11) is 0. The molecule has 3 atom stereocenters. The Morgan fingerprint density at radius 1 is 1.45 bits per heavy atom. The van der Waals surface area contributed by atoms with E-state index >= 15 is 0 Å². The zero-order valence-corrected chi connectivity index (χ0v) is 6.27. The molecule has 0 aromatic carbocycles. The Labute approximate surface area is 64.4 Å². The Kier molecular flexibility index (Phi) is 4.20. The first kappa shape index (κ1) is 10.5. The van der Waals surface area contributed by atoms with Gasteiger partial charge in [-0.15, -0.1) is 0 Å². The third-order valence-electron chi connectivity index (χ3n) is 1.30. The van der Waals surface area contributed by atoms with Gasteiger partial charge in [-0.2, -0.15) is 0 Å². The van der Waals surface area contributed by atoms with Crippen molar-refractivity contribution >= 4 is 5.78 Å². The van der Waals surface area contributed by atoms with Gasteiger partial charge in [0.1, 0.15) is 12.2 Å². The summed E-state index contributed by atoms with van der Waals surface area (Å²) >= 11 is 0. The molecule has 0 saturated heterocycles. The normalized spacial score (nSPS) is 19.0. The predicted molar refractivity (Wildman–Crippen MR) is 37.8 cm³/mol. The molecule has 0 aromatic rings. The lowest BCUT2D eigenvalue weighted by Gasteiger charge is -2.14. The molecule has 0 amide bonds. The predicted octanol–water partition coefficient (Wildman–Crippen LogP) is -2.38. The quantitative estimate of drug-likeness (QED) is 0.370. The highest BCUT2D eigenvalue weighted by atomic mass is 16.3. The zero-order chi connectivity index (χ0) is 9.02. The van der Waals surface area contributed by atoms with Gasteiger partial charge in [-0.05, 0) is 6.92 Å². The molecule has 5 nitrogen and oxygen atoms in total. The molecule has 0 aliphatic rings. The van der Waals surface area contributed by atoms with Gasteiger partial charge in [-0.1, -0.05) is 0 Å². The maximum atomic E-state index is 10.8. The van der Waals surface area contributed by atoms with E-state index in [4.69, 9.17) is 21.1 Å². The summed E-state index contributed by atoms with van der Waals surface area (Å²) < 4.78 is 0. The van der Waals surface area contributed by atoms with E-state index in [9.17, 15) is 4.79 Å². The number of ketones is 1. The average molecular weight is 163 g/mol. The Balaban J connectivity index is 4.02. The molecule has 0 heterocycles. The van der Waals surface area contributed by atoms with E-state index in [1.54, 1.807) is 0 Å². The van der Waals surface area contributed by atoms with Crippen molar-refractivity contribution in [2.24, 2.45) is 5.73 Å². The van der Waals surface area contributed by atoms with Crippen molar-refractivity contribution < 1.29 is 20.1 Å². The van der Waals surface area contributed by atoms with Crippen molar-refractivity contribution in [2.75, 3.05) is 6.54 Å². The fraction of sp³-hybridized carbons (Fsp3) is 0.833. The lowest BCUT2D eigenvalue weighted by atomic mass is 10.1. The van der Waals surface area contributed by atoms with Crippen LogP contribution in [0.3, 0.4) is 0 Å². The molecule has 0 radical (unpaired) electrons. The number of aliphatic hydroxyl groups excluding tert-OH is 3. The van der Waals surface area contributed by atoms with Gasteiger partial charge in [-0.3, -0.25) is 4.79 Å². The van der Waals surface area contributed by atoms with Crippen molar-refractivity contribution in [3.05, 3.63) is 0 Å². The average Bonchev–Trinajstić information content (AvgIpc) is 2.00. The van der Waals surface area contributed by atoms with Gasteiger partial charge in [0, 0.05) is 6.54 Å². The maximum absolute atomic E-state index is 10.8. The fourth-order valence-corrected chi connectivity index (χ4v) is 0.551. The molecule has 0 unspecified atom stereocenters. The first-order valence-corrected chi connectivity index (χ1v) is 3.28. The molecule has 0 saturated carbocycles. The van der Waals surface area contributed by atoms with Gasteiger partial charge >= 0.3 is 0 Å². The lowest BCUT2D eigenvalue weighted by Crippen LogP contribution is -2.42. The molecule has 0 bridgehead atoms. The first-order valence-electron chi connectivity index (χ1n) is 3.28. The van der Waals surface area contributed by atoms with Crippen LogP contribution in [0.15, 0.2) is 0 Å². The molecule has 5 N–H and O–H groups in total. The molecule has 0 aromatic heterocycles. The van der Waals surface area contributed by atoms with Crippen LogP contribution < -0.4 is 5.73 Å². The number of carbonyl (C=O) groups excluding carboxylic acids is 1. The van der Waals surface area contributed by atoms with Gasteiger partial charge in [0.25, 0.3) is 0 Å². The zero-order valence-electron chi connectivity index (χ0n) is 6.27. The topological polar surface area (TPSA) is 104 Å². The monoisotopic (exact) mass is 163 g/mol. The van der Waals surface area contributed by atoms with E-state index < -0.39 is 24.1 Å². The van der Waals surface area contributed by atoms with Crippen LogP contribution in [-0.2, 0) is 4.79 Å². The SMILES string of the molecule is C[C@@H](O)[C@@H](O)C(=O)[C@@H](O)CN. The molecular formula is C6H13NO4. The van der Waals surface area contributed by atoms with Crippen LogP contribution in [0.5, 0.6) is 0 Å². The van der Waals surface area contributed by atoms with Crippen molar-refractivity contribution in [3.8, 4) is 0 Å². The van der Waals surface area contributed by atoms with E-state index in [2.05, 4.69) is 0 Å². The Morgan fingerprint density at radius 3 is 2.18 bits per heavy atom. The highest BCUT2D eigenvalue weighted by molar-refractivity contribution is 5.87. The van der Waals surface area contributed by atoms with E-state index in [0.29, 0.717) is 0 Å². The molecule has 11 heavy (non-hydrogen) atoms. The summed E-state index contributed by atoms with van der Waals surface area (Å²) in [6, 6.07) is 0. The van der Waals surface area contributed by atoms with Gasteiger partial charge in [0.15, 0.2) is 5.78 Å². The van der Waals surface area contributed by atoms with E-state index in [0.717, 1.165) is 0 Å². The summed E-state index contributed by atoms with van der Waals surface area (Å²) in [6.07, 6.45) is -4.11. The molecule has 5 heteroatoms. The standard InChI is InChI=1S/C6H13NO4/c1-3(8)5(10)6(11)4(9)2-7/h3-5,8-10H,2,7H2,1H3/t3-,4+,5-/m1/s1. The van der Waals surface area contributed by atoms with Crippen LogP contribution in [0.25, 0.3) is 0 Å². The number of Topliss-reactive ketones (excluding diaryl/α,β-unsaturated/α-hetero) is 1. The number of aliphatic hydroxyl groups is 3. The highest BCUT2D eigenvalue weighted by Crippen LogP contribution is 1.97. The van der Waals surface area contributed by atoms with Crippen LogP contribution >= 0.6 is 0 Å². The molecule has 0 rings (SSSR count). The van der Waals surface area contributed by atoms with Gasteiger partial charge < -0.3 is 21.1 Å². The van der Waals surface area contributed by atoms with E-state index in [1.165, 1.54) is 6.92 Å². The third kappa shape index (κ3) is 2.94. The van der Waals surface area contributed by atoms with Gasteiger partial charge in [0.05, 0.1) is 6.10 Å². The molecule has 0 fully saturated rings. The molecule has 0 aliphatic carbocycles. The van der Waals surface area contributed by atoms with Crippen molar-refractivity contribution in [1.82, 2.24) is 0 Å². The maximum Gasteiger partial charge on any atom is 0.193 e. The highest BCUT2D eigenvalue weighted by Gasteiger charge is 2.25. The van der Waals surface area contributed by atoms with Crippen LogP contribution in [0.1, 0.15) is 6.92 Å². The number of hydrogen-bond donors (Lipinski definition) is 4. The summed E-state index contributed by atoms with van der Waals surface area (Å²) in [5.41, 5.74) is 4.95. The Morgan fingerprint density at radius 2 is 1.91 bits per heavy atom. The van der Waals surface area contributed by atoms with E-state index in [-0.39, 0.29) is 6.54 Å². The number of nitrogens with two attached hydrogens (primary N) is 1. The third-order valence-corrected chi connectivity index (χ3v) is 1.30. The van der Waals surface area contributed by atoms with Gasteiger partial charge in [0.2, 0.25) is 0 Å². The van der Waals surface area contributed by atoms with Crippen molar-refractivity contribution in [3.63, 3.8) is 0 Å². The van der Waals surface area contributed by atoms with Crippen molar-refractivity contribution in [1.29, 1.82) is 0 Å². The summed E-state index contributed by atoms with van der Waals surface area (Å²) in [5, 5.41) is 26.4. The molecule has 0 aliphatic heterocycles. The van der Waals surface area contributed by atoms with Crippen molar-refractivity contribution in [2.45, 2.75) is 25.2 Å².